The fraction of sp³-hybridized carbons (Fsp3) is 0.231. The first-order valence-electron chi connectivity index (χ1n) is 5.78. The molecule has 1 aromatic heterocycles. The van der Waals surface area contributed by atoms with Gasteiger partial charge in [0.1, 0.15) is 11.6 Å². The zero-order chi connectivity index (χ0) is 12.4. The molecule has 1 saturated heterocycles. The van der Waals surface area contributed by atoms with Crippen molar-refractivity contribution in [2.24, 2.45) is 0 Å². The third-order valence-electron chi connectivity index (χ3n) is 2.86. The van der Waals surface area contributed by atoms with Gasteiger partial charge in [-0.2, -0.15) is 0 Å². The van der Waals surface area contributed by atoms with Crippen molar-refractivity contribution < 1.29 is 4.74 Å². The third kappa shape index (κ3) is 2.37. The molecule has 92 valence electrons. The van der Waals surface area contributed by atoms with Crippen molar-refractivity contribution in [2.75, 3.05) is 13.1 Å². The van der Waals surface area contributed by atoms with Crippen LogP contribution in [-0.4, -0.2) is 23.1 Å². The normalized spacial score (nSPS) is 15.2. The van der Waals surface area contributed by atoms with E-state index in [9.17, 15) is 0 Å². The largest absolute Gasteiger partial charge is 0.453 e. The van der Waals surface area contributed by atoms with Crippen LogP contribution in [0.2, 0.25) is 0 Å². The Morgan fingerprint density at radius 3 is 2.50 bits per heavy atom. The number of nitrogens with zero attached hydrogens (tertiary/aromatic N) is 2. The highest BCUT2D eigenvalue weighted by atomic mass is 79.9. The Hall–Kier alpha value is -1.46. The summed E-state index contributed by atoms with van der Waals surface area (Å²) in [4.78, 5) is 8.67. The zero-order valence-electron chi connectivity index (χ0n) is 9.64. The fourth-order valence-corrected chi connectivity index (χ4v) is 2.08. The number of aromatic nitrogens is 2. The molecule has 0 bridgehead atoms. The second-order valence-corrected chi connectivity index (χ2v) is 5.02. The van der Waals surface area contributed by atoms with Gasteiger partial charge >= 0.3 is 0 Å². The summed E-state index contributed by atoms with van der Waals surface area (Å²) in [5, 5.41) is 3.20. The van der Waals surface area contributed by atoms with Crippen molar-refractivity contribution in [3.63, 3.8) is 0 Å². The van der Waals surface area contributed by atoms with Gasteiger partial charge in [0, 0.05) is 19.0 Å². The van der Waals surface area contributed by atoms with E-state index >= 15 is 0 Å². The monoisotopic (exact) mass is 305 g/mol. The number of benzene rings is 1. The molecule has 0 spiro atoms. The highest BCUT2D eigenvalue weighted by Gasteiger charge is 2.21. The number of nitrogens with one attached hydrogen (secondary N) is 1. The van der Waals surface area contributed by atoms with Crippen LogP contribution in [0.4, 0.5) is 0 Å². The lowest BCUT2D eigenvalue weighted by atomic mass is 10.0. The van der Waals surface area contributed by atoms with Crippen molar-refractivity contribution in [1.29, 1.82) is 0 Å². The molecule has 1 fully saturated rings. The van der Waals surface area contributed by atoms with Crippen LogP contribution in [0.1, 0.15) is 11.7 Å². The summed E-state index contributed by atoms with van der Waals surface area (Å²) < 4.78 is 6.62. The molecule has 18 heavy (non-hydrogen) atoms. The molecule has 2 heterocycles. The standard InChI is InChI=1S/C13H12BrN3O/c14-11-3-1-2-4-12(11)18-10-7-16-13(17-8-10)9-5-15-6-9/h1-4,7-9,15H,5-6H2. The van der Waals surface area contributed by atoms with Gasteiger partial charge in [-0.25, -0.2) is 9.97 Å². The van der Waals surface area contributed by atoms with Crippen LogP contribution in [0, 0.1) is 0 Å². The van der Waals surface area contributed by atoms with Gasteiger partial charge in [-0.1, -0.05) is 12.1 Å². The van der Waals surface area contributed by atoms with Crippen molar-refractivity contribution in [2.45, 2.75) is 5.92 Å². The molecule has 5 heteroatoms. The summed E-state index contributed by atoms with van der Waals surface area (Å²) in [6.07, 6.45) is 3.44. The summed E-state index contributed by atoms with van der Waals surface area (Å²) in [5.74, 6) is 2.74. The molecule has 0 amide bonds. The van der Waals surface area contributed by atoms with E-state index in [1.165, 1.54) is 0 Å². The highest BCUT2D eigenvalue weighted by Crippen LogP contribution is 2.28. The molecule has 0 radical (unpaired) electrons. The maximum absolute atomic E-state index is 5.71. The van der Waals surface area contributed by atoms with Gasteiger partial charge in [0.2, 0.25) is 0 Å². The fourth-order valence-electron chi connectivity index (χ4n) is 1.72. The molecule has 3 rings (SSSR count). The summed E-state index contributed by atoms with van der Waals surface area (Å²) in [5.41, 5.74) is 0. The van der Waals surface area contributed by atoms with Gasteiger partial charge in [0.05, 0.1) is 16.9 Å². The number of halogens is 1. The van der Waals surface area contributed by atoms with Gasteiger partial charge in [0.25, 0.3) is 0 Å². The van der Waals surface area contributed by atoms with Gasteiger partial charge in [-0.05, 0) is 28.1 Å². The second kappa shape index (κ2) is 5.04. The Bertz CT molecular complexity index is 540. The molecule has 2 aromatic rings. The van der Waals surface area contributed by atoms with Crippen LogP contribution < -0.4 is 10.1 Å². The first-order valence-corrected chi connectivity index (χ1v) is 6.57. The quantitative estimate of drug-likeness (QED) is 0.947. The molecule has 1 aliphatic rings. The van der Waals surface area contributed by atoms with Crippen LogP contribution in [0.5, 0.6) is 11.5 Å². The first kappa shape index (κ1) is 11.6. The Labute approximate surface area is 114 Å². The molecular weight excluding hydrogens is 294 g/mol. The van der Waals surface area contributed by atoms with E-state index in [1.54, 1.807) is 12.4 Å². The maximum atomic E-state index is 5.71. The Morgan fingerprint density at radius 1 is 1.17 bits per heavy atom. The minimum absolute atomic E-state index is 0.447. The predicted octanol–water partition coefficient (Wildman–Crippen LogP) is 2.72. The molecule has 0 unspecified atom stereocenters. The number of ether oxygens (including phenoxy) is 1. The minimum atomic E-state index is 0.447. The summed E-state index contributed by atoms with van der Waals surface area (Å²) in [7, 11) is 0. The minimum Gasteiger partial charge on any atom is -0.453 e. The van der Waals surface area contributed by atoms with E-state index in [0.717, 1.165) is 29.1 Å². The molecule has 1 aromatic carbocycles. The van der Waals surface area contributed by atoms with E-state index in [-0.39, 0.29) is 0 Å². The SMILES string of the molecule is Brc1ccccc1Oc1cnc(C2CNC2)nc1. The predicted molar refractivity (Wildman–Crippen MR) is 71.9 cm³/mol. The molecule has 4 nitrogen and oxygen atoms in total. The van der Waals surface area contributed by atoms with E-state index in [0.29, 0.717) is 11.7 Å². The molecule has 1 aliphatic heterocycles. The Balaban J connectivity index is 1.75. The van der Waals surface area contributed by atoms with E-state index in [4.69, 9.17) is 4.74 Å². The highest BCUT2D eigenvalue weighted by molar-refractivity contribution is 9.10. The average molecular weight is 306 g/mol. The number of para-hydroxylation sites is 1. The summed E-state index contributed by atoms with van der Waals surface area (Å²) >= 11 is 3.44. The van der Waals surface area contributed by atoms with Crippen LogP contribution in [0.3, 0.4) is 0 Å². The smallest absolute Gasteiger partial charge is 0.164 e. The van der Waals surface area contributed by atoms with Crippen molar-refractivity contribution in [3.05, 3.63) is 47.0 Å². The maximum Gasteiger partial charge on any atom is 0.164 e. The lowest BCUT2D eigenvalue weighted by Gasteiger charge is -2.25. The van der Waals surface area contributed by atoms with Crippen molar-refractivity contribution in [3.8, 4) is 11.5 Å². The zero-order valence-corrected chi connectivity index (χ0v) is 11.2. The van der Waals surface area contributed by atoms with Crippen LogP contribution in [0.25, 0.3) is 0 Å². The molecule has 0 atom stereocenters. The molecule has 0 saturated carbocycles. The lowest BCUT2D eigenvalue weighted by molar-refractivity contribution is 0.424. The van der Waals surface area contributed by atoms with Gasteiger partial charge in [-0.3, -0.25) is 0 Å². The van der Waals surface area contributed by atoms with E-state index in [2.05, 4.69) is 31.2 Å². The first-order chi connectivity index (χ1) is 8.83. The molecule has 0 aliphatic carbocycles. The van der Waals surface area contributed by atoms with Crippen LogP contribution in [-0.2, 0) is 0 Å². The van der Waals surface area contributed by atoms with Crippen molar-refractivity contribution in [1.82, 2.24) is 15.3 Å². The Kier molecular flexibility index (Phi) is 3.25. The lowest BCUT2D eigenvalue weighted by Crippen LogP contribution is -2.40. The summed E-state index contributed by atoms with van der Waals surface area (Å²) in [6.45, 7) is 1.93. The van der Waals surface area contributed by atoms with E-state index in [1.807, 2.05) is 24.3 Å². The summed E-state index contributed by atoms with van der Waals surface area (Å²) in [6, 6.07) is 7.70. The van der Waals surface area contributed by atoms with E-state index < -0.39 is 0 Å². The van der Waals surface area contributed by atoms with Gasteiger partial charge in [0.15, 0.2) is 5.75 Å². The topological polar surface area (TPSA) is 47.0 Å². The third-order valence-corrected chi connectivity index (χ3v) is 3.51. The van der Waals surface area contributed by atoms with Crippen LogP contribution >= 0.6 is 15.9 Å². The van der Waals surface area contributed by atoms with Gasteiger partial charge in [-0.15, -0.1) is 0 Å². The van der Waals surface area contributed by atoms with Gasteiger partial charge < -0.3 is 10.1 Å². The second-order valence-electron chi connectivity index (χ2n) is 4.16. The Morgan fingerprint density at radius 2 is 1.89 bits per heavy atom. The number of hydrogen-bond donors (Lipinski definition) is 1. The number of hydrogen-bond acceptors (Lipinski definition) is 4. The molecule has 1 N–H and O–H groups in total. The van der Waals surface area contributed by atoms with Crippen LogP contribution in [0.15, 0.2) is 41.1 Å². The molecular formula is C13H12BrN3O. The number of rotatable bonds is 3. The average Bonchev–Trinajstić information content (AvgIpc) is 2.32. The van der Waals surface area contributed by atoms with Crippen molar-refractivity contribution >= 4 is 15.9 Å².